The van der Waals surface area contributed by atoms with Crippen molar-refractivity contribution in [2.24, 2.45) is 13.0 Å². The van der Waals surface area contributed by atoms with Gasteiger partial charge in [-0.2, -0.15) is 5.10 Å². The standard InChI is InChI=1S/C17H24N4O/c1-12-16(13(2)21(3)20-12)17-15(6-9-22-17)11-19-10-14-4-7-18-8-5-14/h4-5,7-8,15,17,19H,6,9-11H2,1-3H3/t15-,17-/m1/s1. The predicted octanol–water partition coefficient (Wildman–Crippen LogP) is 2.30. The van der Waals surface area contributed by atoms with E-state index < -0.39 is 0 Å². The number of nitrogens with zero attached hydrogens (tertiary/aromatic N) is 3. The van der Waals surface area contributed by atoms with Crippen LogP contribution in [0.25, 0.3) is 0 Å². The summed E-state index contributed by atoms with van der Waals surface area (Å²) in [7, 11) is 2.00. The van der Waals surface area contributed by atoms with E-state index in [0.717, 1.165) is 31.8 Å². The van der Waals surface area contributed by atoms with Gasteiger partial charge >= 0.3 is 0 Å². The maximum atomic E-state index is 6.03. The summed E-state index contributed by atoms with van der Waals surface area (Å²) in [5.74, 6) is 0.503. The van der Waals surface area contributed by atoms with Crippen LogP contribution in [-0.2, 0) is 18.3 Å². The van der Waals surface area contributed by atoms with E-state index in [2.05, 4.69) is 29.2 Å². The SMILES string of the molecule is Cc1nn(C)c(C)c1[C@@H]1OCC[C@@H]1CNCc1ccncc1. The minimum atomic E-state index is 0.165. The van der Waals surface area contributed by atoms with Crippen LogP contribution in [0.1, 0.15) is 35.0 Å². The number of aromatic nitrogens is 3. The van der Waals surface area contributed by atoms with E-state index in [-0.39, 0.29) is 6.10 Å². The third kappa shape index (κ3) is 3.05. The molecule has 3 heterocycles. The van der Waals surface area contributed by atoms with Crippen LogP contribution in [0.5, 0.6) is 0 Å². The molecule has 1 aliphatic rings. The predicted molar refractivity (Wildman–Crippen MR) is 85.4 cm³/mol. The molecule has 2 atom stereocenters. The zero-order chi connectivity index (χ0) is 15.5. The van der Waals surface area contributed by atoms with Crippen molar-refractivity contribution in [3.63, 3.8) is 0 Å². The lowest BCUT2D eigenvalue weighted by atomic mass is 9.94. The van der Waals surface area contributed by atoms with Gasteiger partial charge in [0.15, 0.2) is 0 Å². The van der Waals surface area contributed by atoms with Gasteiger partial charge in [-0.3, -0.25) is 9.67 Å². The van der Waals surface area contributed by atoms with Crippen LogP contribution in [0.4, 0.5) is 0 Å². The van der Waals surface area contributed by atoms with Crippen LogP contribution in [0, 0.1) is 19.8 Å². The van der Waals surface area contributed by atoms with Crippen molar-refractivity contribution in [1.29, 1.82) is 0 Å². The molecule has 5 heteroatoms. The summed E-state index contributed by atoms with van der Waals surface area (Å²) >= 11 is 0. The molecule has 1 fully saturated rings. The lowest BCUT2D eigenvalue weighted by Crippen LogP contribution is -2.25. The van der Waals surface area contributed by atoms with Gasteiger partial charge < -0.3 is 10.1 Å². The molecule has 118 valence electrons. The van der Waals surface area contributed by atoms with Gasteiger partial charge in [0.2, 0.25) is 0 Å². The highest BCUT2D eigenvalue weighted by Crippen LogP contribution is 2.37. The molecule has 5 nitrogen and oxygen atoms in total. The molecule has 0 unspecified atom stereocenters. The van der Waals surface area contributed by atoms with Crippen LogP contribution < -0.4 is 5.32 Å². The third-order valence-corrected chi connectivity index (χ3v) is 4.55. The summed E-state index contributed by atoms with van der Waals surface area (Å²) in [6, 6.07) is 4.09. The Balaban J connectivity index is 1.63. The smallest absolute Gasteiger partial charge is 0.0901 e. The molecule has 1 saturated heterocycles. The first-order valence-corrected chi connectivity index (χ1v) is 7.88. The molecule has 0 radical (unpaired) electrons. The van der Waals surface area contributed by atoms with E-state index in [0.29, 0.717) is 5.92 Å². The van der Waals surface area contributed by atoms with E-state index in [4.69, 9.17) is 4.74 Å². The average Bonchev–Trinajstić information content (AvgIpc) is 3.05. The van der Waals surface area contributed by atoms with Crippen molar-refractivity contribution in [3.05, 3.63) is 47.0 Å². The van der Waals surface area contributed by atoms with Crippen LogP contribution in [0.3, 0.4) is 0 Å². The van der Waals surface area contributed by atoms with Gasteiger partial charge in [0, 0.05) is 56.3 Å². The zero-order valence-corrected chi connectivity index (χ0v) is 13.5. The van der Waals surface area contributed by atoms with E-state index in [9.17, 15) is 0 Å². The molecule has 1 aliphatic heterocycles. The molecule has 2 aromatic rings. The Morgan fingerprint density at radius 3 is 2.77 bits per heavy atom. The fraction of sp³-hybridized carbons (Fsp3) is 0.529. The number of pyridine rings is 1. The molecule has 0 saturated carbocycles. The van der Waals surface area contributed by atoms with Gasteiger partial charge in [-0.05, 0) is 38.0 Å². The molecule has 2 aromatic heterocycles. The van der Waals surface area contributed by atoms with Gasteiger partial charge in [0.05, 0.1) is 11.8 Å². The topological polar surface area (TPSA) is 52.0 Å². The van der Waals surface area contributed by atoms with E-state index in [1.54, 1.807) is 0 Å². The summed E-state index contributed by atoms with van der Waals surface area (Å²) in [6.45, 7) is 6.86. The van der Waals surface area contributed by atoms with E-state index in [1.165, 1.54) is 16.8 Å². The Morgan fingerprint density at radius 1 is 1.32 bits per heavy atom. The minimum absolute atomic E-state index is 0.165. The van der Waals surface area contributed by atoms with Crippen LogP contribution >= 0.6 is 0 Å². The quantitative estimate of drug-likeness (QED) is 0.920. The summed E-state index contributed by atoms with van der Waals surface area (Å²) in [5.41, 5.74) is 4.84. The Hall–Kier alpha value is -1.72. The highest BCUT2D eigenvalue weighted by atomic mass is 16.5. The molecule has 3 rings (SSSR count). The van der Waals surface area contributed by atoms with Crippen molar-refractivity contribution >= 4 is 0 Å². The van der Waals surface area contributed by atoms with Crippen molar-refractivity contribution in [2.75, 3.05) is 13.2 Å². The normalized spacial score (nSPS) is 21.4. The molecule has 22 heavy (non-hydrogen) atoms. The first kappa shape index (κ1) is 15.2. The van der Waals surface area contributed by atoms with Crippen molar-refractivity contribution in [3.8, 4) is 0 Å². The Labute approximate surface area is 131 Å². The van der Waals surface area contributed by atoms with Gasteiger partial charge in [-0.25, -0.2) is 0 Å². The third-order valence-electron chi connectivity index (χ3n) is 4.55. The highest BCUT2D eigenvalue weighted by Gasteiger charge is 2.33. The summed E-state index contributed by atoms with van der Waals surface area (Å²) in [5, 5.41) is 8.08. The summed E-state index contributed by atoms with van der Waals surface area (Å²) in [6.07, 6.45) is 4.93. The monoisotopic (exact) mass is 300 g/mol. The van der Waals surface area contributed by atoms with E-state index in [1.807, 2.05) is 36.3 Å². The van der Waals surface area contributed by atoms with Crippen molar-refractivity contribution < 1.29 is 4.74 Å². The maximum absolute atomic E-state index is 6.03. The number of aryl methyl sites for hydroxylation is 2. The molecule has 1 N–H and O–H groups in total. The second kappa shape index (κ2) is 6.58. The van der Waals surface area contributed by atoms with Crippen molar-refractivity contribution in [2.45, 2.75) is 32.9 Å². The first-order chi connectivity index (χ1) is 10.7. The number of nitrogens with one attached hydrogen (secondary N) is 1. The van der Waals surface area contributed by atoms with Crippen LogP contribution in [-0.4, -0.2) is 27.9 Å². The average molecular weight is 300 g/mol. The molecule has 0 aliphatic carbocycles. The lowest BCUT2D eigenvalue weighted by molar-refractivity contribution is 0.0893. The first-order valence-electron chi connectivity index (χ1n) is 7.88. The zero-order valence-electron chi connectivity index (χ0n) is 13.5. The van der Waals surface area contributed by atoms with Crippen molar-refractivity contribution in [1.82, 2.24) is 20.1 Å². The minimum Gasteiger partial charge on any atom is -0.373 e. The van der Waals surface area contributed by atoms with Gasteiger partial charge in [-0.1, -0.05) is 0 Å². The Bertz CT molecular complexity index is 623. The number of hydrogen-bond acceptors (Lipinski definition) is 4. The van der Waals surface area contributed by atoms with E-state index >= 15 is 0 Å². The van der Waals surface area contributed by atoms with Gasteiger partial charge in [-0.15, -0.1) is 0 Å². The molecule has 0 bridgehead atoms. The molecular weight excluding hydrogens is 276 g/mol. The molecular formula is C17H24N4O. The Morgan fingerprint density at radius 2 is 2.09 bits per heavy atom. The molecule has 0 spiro atoms. The summed E-state index contributed by atoms with van der Waals surface area (Å²) in [4.78, 5) is 4.05. The van der Waals surface area contributed by atoms with Crippen LogP contribution in [0.15, 0.2) is 24.5 Å². The number of ether oxygens (including phenoxy) is 1. The second-order valence-corrected chi connectivity index (χ2v) is 6.03. The summed E-state index contributed by atoms with van der Waals surface area (Å²) < 4.78 is 7.98. The fourth-order valence-electron chi connectivity index (χ4n) is 3.27. The fourth-order valence-corrected chi connectivity index (χ4v) is 3.27. The second-order valence-electron chi connectivity index (χ2n) is 6.03. The van der Waals surface area contributed by atoms with Gasteiger partial charge in [0.1, 0.15) is 0 Å². The maximum Gasteiger partial charge on any atom is 0.0901 e. The molecule has 0 aromatic carbocycles. The van der Waals surface area contributed by atoms with Crippen LogP contribution in [0.2, 0.25) is 0 Å². The lowest BCUT2D eigenvalue weighted by Gasteiger charge is -2.20. The number of rotatable bonds is 5. The Kier molecular flexibility index (Phi) is 4.55. The molecule has 0 amide bonds. The highest BCUT2D eigenvalue weighted by molar-refractivity contribution is 5.28. The number of hydrogen-bond donors (Lipinski definition) is 1. The largest absolute Gasteiger partial charge is 0.373 e. The van der Waals surface area contributed by atoms with Gasteiger partial charge in [0.25, 0.3) is 0 Å².